The summed E-state index contributed by atoms with van der Waals surface area (Å²) < 4.78 is 0. The van der Waals surface area contributed by atoms with Gasteiger partial charge in [0.1, 0.15) is 0 Å². The summed E-state index contributed by atoms with van der Waals surface area (Å²) in [7, 11) is 3.81. The second-order valence-electron chi connectivity index (χ2n) is 6.94. The van der Waals surface area contributed by atoms with Crippen LogP contribution in [0.5, 0.6) is 0 Å². The molecule has 0 saturated heterocycles. The first-order valence-corrected chi connectivity index (χ1v) is 9.35. The monoisotopic (exact) mass is 344 g/mol. The van der Waals surface area contributed by atoms with Crippen LogP contribution in [0.25, 0.3) is 0 Å². The highest BCUT2D eigenvalue weighted by Gasteiger charge is 2.20. The molecule has 0 spiro atoms. The highest BCUT2D eigenvalue weighted by Crippen LogP contribution is 2.23. The van der Waals surface area contributed by atoms with Crippen LogP contribution in [0.1, 0.15) is 43.2 Å². The van der Waals surface area contributed by atoms with Gasteiger partial charge in [-0.25, -0.2) is 0 Å². The van der Waals surface area contributed by atoms with Crippen LogP contribution in [0.15, 0.2) is 29.3 Å². The number of aryl methyl sites for hydroxylation is 1. The maximum Gasteiger partial charge on any atom is 0.223 e. The Labute approximate surface area is 151 Å². The van der Waals surface area contributed by atoms with Crippen LogP contribution in [0, 0.1) is 12.8 Å². The Bertz CT molecular complexity index is 562. The van der Waals surface area contributed by atoms with Crippen molar-refractivity contribution in [3.05, 3.63) is 35.4 Å². The van der Waals surface area contributed by atoms with Gasteiger partial charge >= 0.3 is 0 Å². The molecule has 0 atom stereocenters. The summed E-state index contributed by atoms with van der Waals surface area (Å²) in [6.45, 7) is 4.21. The first-order chi connectivity index (χ1) is 12.1. The lowest BCUT2D eigenvalue weighted by Gasteiger charge is -2.23. The van der Waals surface area contributed by atoms with E-state index in [1.54, 1.807) is 7.05 Å². The van der Waals surface area contributed by atoms with Crippen LogP contribution in [0.3, 0.4) is 0 Å². The second kappa shape index (κ2) is 10.1. The van der Waals surface area contributed by atoms with Crippen molar-refractivity contribution in [1.29, 1.82) is 0 Å². The summed E-state index contributed by atoms with van der Waals surface area (Å²) in [5, 5.41) is 6.37. The molecule has 1 amide bonds. The fraction of sp³-hybridized carbons (Fsp3) is 0.600. The first kappa shape index (κ1) is 19.3. The van der Waals surface area contributed by atoms with Gasteiger partial charge in [-0.15, -0.1) is 0 Å². The molecule has 25 heavy (non-hydrogen) atoms. The molecule has 2 rings (SSSR count). The summed E-state index contributed by atoms with van der Waals surface area (Å²) in [5.74, 6) is 1.27. The Morgan fingerprint density at radius 1 is 1.12 bits per heavy atom. The third kappa shape index (κ3) is 6.40. The van der Waals surface area contributed by atoms with Gasteiger partial charge in [0.25, 0.3) is 0 Å². The molecule has 0 bridgehead atoms. The average Bonchev–Trinajstić information content (AvgIpc) is 2.64. The number of benzene rings is 1. The molecular formula is C20H32N4O. The minimum atomic E-state index is 0.212. The fourth-order valence-corrected chi connectivity index (χ4v) is 3.30. The number of rotatable bonds is 6. The molecule has 5 nitrogen and oxygen atoms in total. The van der Waals surface area contributed by atoms with Crippen LogP contribution in [0.2, 0.25) is 0 Å². The number of amides is 1. The maximum absolute atomic E-state index is 12.1. The van der Waals surface area contributed by atoms with E-state index in [9.17, 15) is 4.79 Å². The molecule has 0 heterocycles. The topological polar surface area (TPSA) is 56.7 Å². The summed E-state index contributed by atoms with van der Waals surface area (Å²) >= 11 is 0. The van der Waals surface area contributed by atoms with Gasteiger partial charge in [0.15, 0.2) is 5.96 Å². The molecule has 138 valence electrons. The van der Waals surface area contributed by atoms with E-state index in [1.165, 1.54) is 30.4 Å². The van der Waals surface area contributed by atoms with Gasteiger partial charge in [0, 0.05) is 39.6 Å². The van der Waals surface area contributed by atoms with Crippen molar-refractivity contribution in [3.63, 3.8) is 0 Å². The molecule has 0 radical (unpaired) electrons. The molecule has 0 aliphatic heterocycles. The predicted octanol–water partition coefficient (Wildman–Crippen LogP) is 2.70. The maximum atomic E-state index is 12.1. The molecule has 1 aliphatic carbocycles. The minimum Gasteiger partial charge on any atom is -0.354 e. The Morgan fingerprint density at radius 2 is 1.76 bits per heavy atom. The van der Waals surface area contributed by atoms with E-state index in [4.69, 9.17) is 0 Å². The zero-order valence-corrected chi connectivity index (χ0v) is 15.8. The van der Waals surface area contributed by atoms with E-state index in [2.05, 4.69) is 51.7 Å². The van der Waals surface area contributed by atoms with Gasteiger partial charge in [0.05, 0.1) is 0 Å². The zero-order valence-electron chi connectivity index (χ0n) is 15.8. The van der Waals surface area contributed by atoms with E-state index in [1.807, 2.05) is 7.05 Å². The van der Waals surface area contributed by atoms with Crippen molar-refractivity contribution in [2.45, 2.75) is 45.6 Å². The van der Waals surface area contributed by atoms with Crippen molar-refractivity contribution < 1.29 is 4.79 Å². The third-order valence-corrected chi connectivity index (χ3v) is 4.80. The molecule has 1 aliphatic rings. The normalized spacial score (nSPS) is 15.7. The molecule has 1 fully saturated rings. The predicted molar refractivity (Wildman–Crippen MR) is 104 cm³/mol. The van der Waals surface area contributed by atoms with E-state index < -0.39 is 0 Å². The number of carbonyl (C=O) groups is 1. The lowest BCUT2D eigenvalue weighted by Crippen LogP contribution is -2.43. The van der Waals surface area contributed by atoms with Crippen LogP contribution >= 0.6 is 0 Å². The minimum absolute atomic E-state index is 0.212. The molecular weight excluding hydrogens is 312 g/mol. The van der Waals surface area contributed by atoms with Gasteiger partial charge < -0.3 is 15.5 Å². The lowest BCUT2D eigenvalue weighted by atomic mass is 9.89. The lowest BCUT2D eigenvalue weighted by molar-refractivity contribution is -0.125. The van der Waals surface area contributed by atoms with Gasteiger partial charge in [-0.1, -0.05) is 49.1 Å². The Balaban J connectivity index is 1.70. The molecule has 1 saturated carbocycles. The standard InChI is InChI=1S/C20H32N4O/c1-16-9-11-17(12-10-16)15-24(3)20(21-2)23-14-13-22-19(25)18-7-5-4-6-8-18/h9-12,18H,4-8,13-15H2,1-3H3,(H,21,23)(H,22,25). The third-order valence-electron chi connectivity index (χ3n) is 4.80. The van der Waals surface area contributed by atoms with Crippen molar-refractivity contribution in [1.82, 2.24) is 15.5 Å². The Hall–Kier alpha value is -2.04. The average molecular weight is 345 g/mol. The van der Waals surface area contributed by atoms with Crippen molar-refractivity contribution in [2.24, 2.45) is 10.9 Å². The van der Waals surface area contributed by atoms with E-state index >= 15 is 0 Å². The van der Waals surface area contributed by atoms with E-state index in [0.29, 0.717) is 13.1 Å². The Morgan fingerprint density at radius 3 is 2.40 bits per heavy atom. The quantitative estimate of drug-likeness (QED) is 0.474. The summed E-state index contributed by atoms with van der Waals surface area (Å²) in [6.07, 6.45) is 5.73. The van der Waals surface area contributed by atoms with Gasteiger partial charge in [-0.2, -0.15) is 0 Å². The van der Waals surface area contributed by atoms with Crippen LogP contribution in [-0.2, 0) is 11.3 Å². The second-order valence-corrected chi connectivity index (χ2v) is 6.94. The number of aliphatic imine (C=N–C) groups is 1. The number of hydrogen-bond donors (Lipinski definition) is 2. The molecule has 5 heteroatoms. The SMILES string of the molecule is CN=C(NCCNC(=O)C1CCCCC1)N(C)Cc1ccc(C)cc1. The van der Waals surface area contributed by atoms with Gasteiger partial charge in [-0.3, -0.25) is 9.79 Å². The summed E-state index contributed by atoms with van der Waals surface area (Å²) in [6, 6.07) is 8.54. The van der Waals surface area contributed by atoms with Crippen molar-refractivity contribution in [3.8, 4) is 0 Å². The molecule has 1 aromatic rings. The highest BCUT2D eigenvalue weighted by atomic mass is 16.1. The van der Waals surface area contributed by atoms with E-state index in [0.717, 1.165) is 25.3 Å². The van der Waals surface area contributed by atoms with Gasteiger partial charge in [-0.05, 0) is 25.3 Å². The molecule has 0 aromatic heterocycles. The van der Waals surface area contributed by atoms with E-state index in [-0.39, 0.29) is 11.8 Å². The van der Waals surface area contributed by atoms with Crippen molar-refractivity contribution in [2.75, 3.05) is 27.2 Å². The van der Waals surface area contributed by atoms with Crippen LogP contribution < -0.4 is 10.6 Å². The molecule has 2 N–H and O–H groups in total. The zero-order chi connectivity index (χ0) is 18.1. The van der Waals surface area contributed by atoms with Crippen molar-refractivity contribution >= 4 is 11.9 Å². The van der Waals surface area contributed by atoms with Crippen LogP contribution in [0.4, 0.5) is 0 Å². The number of nitrogens with zero attached hydrogens (tertiary/aromatic N) is 2. The Kier molecular flexibility index (Phi) is 7.76. The fourth-order valence-electron chi connectivity index (χ4n) is 3.30. The highest BCUT2D eigenvalue weighted by molar-refractivity contribution is 5.80. The smallest absolute Gasteiger partial charge is 0.223 e. The van der Waals surface area contributed by atoms with Crippen LogP contribution in [-0.4, -0.2) is 44.0 Å². The summed E-state index contributed by atoms with van der Waals surface area (Å²) in [5.41, 5.74) is 2.52. The number of nitrogens with one attached hydrogen (secondary N) is 2. The number of hydrogen-bond acceptors (Lipinski definition) is 2. The molecule has 0 unspecified atom stereocenters. The molecule has 1 aromatic carbocycles. The number of guanidine groups is 1. The first-order valence-electron chi connectivity index (χ1n) is 9.35. The summed E-state index contributed by atoms with van der Waals surface area (Å²) in [4.78, 5) is 18.6. The van der Waals surface area contributed by atoms with Gasteiger partial charge in [0.2, 0.25) is 5.91 Å². The largest absolute Gasteiger partial charge is 0.354 e. The number of carbonyl (C=O) groups excluding carboxylic acids is 1.